The maximum Gasteiger partial charge on any atom is 0.323 e. The minimum atomic E-state index is -0.321. The van der Waals surface area contributed by atoms with Crippen molar-refractivity contribution in [2.75, 3.05) is 37.4 Å². The van der Waals surface area contributed by atoms with Crippen molar-refractivity contribution in [1.29, 1.82) is 0 Å². The van der Waals surface area contributed by atoms with Gasteiger partial charge in [0.2, 0.25) is 5.91 Å². The summed E-state index contributed by atoms with van der Waals surface area (Å²) in [4.78, 5) is 28.8. The third kappa shape index (κ3) is 4.56. The molecule has 0 spiro atoms. The number of methoxy groups -OCH3 is 1. The minimum absolute atomic E-state index is 0.110. The van der Waals surface area contributed by atoms with Crippen LogP contribution in [0, 0.1) is 5.92 Å². The Morgan fingerprint density at radius 2 is 1.84 bits per heavy atom. The van der Waals surface area contributed by atoms with Crippen molar-refractivity contribution >= 4 is 35.1 Å². The highest BCUT2D eigenvalue weighted by atomic mass is 32.2. The number of benzene rings is 2. The number of anilines is 2. The molecule has 4 aliphatic rings. The Bertz CT molecular complexity index is 1020. The predicted molar refractivity (Wildman–Crippen MR) is 127 cm³/mol. The molecule has 6 rings (SSSR count). The fraction of sp³-hybridized carbons (Fsp3) is 0.417. The zero-order valence-electron chi connectivity index (χ0n) is 18.1. The van der Waals surface area contributed by atoms with E-state index < -0.39 is 0 Å². The van der Waals surface area contributed by atoms with Crippen molar-refractivity contribution in [3.63, 3.8) is 0 Å². The topological polar surface area (TPSA) is 82.7 Å². The van der Waals surface area contributed by atoms with Gasteiger partial charge in [0, 0.05) is 34.9 Å². The molecular weight excluding hydrogens is 424 g/mol. The van der Waals surface area contributed by atoms with Crippen molar-refractivity contribution in [3.05, 3.63) is 48.0 Å². The minimum Gasteiger partial charge on any atom is -0.497 e. The average Bonchev–Trinajstić information content (AvgIpc) is 3.23. The maximum atomic E-state index is 12.9. The van der Waals surface area contributed by atoms with Gasteiger partial charge in [0.1, 0.15) is 5.75 Å². The number of hydrogen-bond donors (Lipinski definition) is 3. The van der Waals surface area contributed by atoms with Crippen LogP contribution in [0.4, 0.5) is 16.2 Å². The molecule has 3 amide bonds. The van der Waals surface area contributed by atoms with Gasteiger partial charge in [0.15, 0.2) is 0 Å². The van der Waals surface area contributed by atoms with Gasteiger partial charge < -0.3 is 25.6 Å². The Kier molecular flexibility index (Phi) is 5.97. The molecule has 0 aromatic heterocycles. The normalized spacial score (nSPS) is 25.7. The molecule has 1 unspecified atom stereocenters. The Morgan fingerprint density at radius 1 is 1.06 bits per heavy atom. The maximum absolute atomic E-state index is 12.9. The fourth-order valence-electron chi connectivity index (χ4n) is 4.85. The van der Waals surface area contributed by atoms with E-state index in [4.69, 9.17) is 4.74 Å². The van der Waals surface area contributed by atoms with E-state index in [2.05, 4.69) is 20.9 Å². The molecule has 0 radical (unpaired) electrons. The fourth-order valence-corrected chi connectivity index (χ4v) is 6.09. The predicted octanol–water partition coefficient (Wildman–Crippen LogP) is 3.57. The summed E-state index contributed by atoms with van der Waals surface area (Å²) in [6.07, 6.45) is 3.11. The molecule has 2 aromatic carbocycles. The number of carbonyl (C=O) groups is 2. The van der Waals surface area contributed by atoms with Crippen molar-refractivity contribution in [2.24, 2.45) is 5.92 Å². The Hall–Kier alpha value is -2.71. The van der Waals surface area contributed by atoms with Crippen molar-refractivity contribution in [2.45, 2.75) is 35.4 Å². The standard InChI is InChI=1S/C24H28N4O3S/c1-31-19-4-2-3-17(12-19)25-24(30)26-18-6-5-16-11-22(32-21(16)13-18)23(29)27-20-14-28-9-7-15(20)8-10-28/h2-6,12-13,15,20,22H,7-11,14H2,1H3,(H,27,29)(H2,25,26,30)/t20-,22?/m0/s1. The van der Waals surface area contributed by atoms with Crippen LogP contribution in [0.25, 0.3) is 0 Å². The second-order valence-corrected chi connectivity index (χ2v) is 9.94. The van der Waals surface area contributed by atoms with E-state index in [1.807, 2.05) is 30.3 Å². The Labute approximate surface area is 192 Å². The first-order chi connectivity index (χ1) is 15.6. The van der Waals surface area contributed by atoms with Crippen LogP contribution < -0.4 is 20.7 Å². The van der Waals surface area contributed by atoms with Gasteiger partial charge in [0.25, 0.3) is 0 Å². The van der Waals surface area contributed by atoms with Crippen LogP contribution in [0.2, 0.25) is 0 Å². The van der Waals surface area contributed by atoms with E-state index in [9.17, 15) is 9.59 Å². The number of thioether (sulfide) groups is 1. The molecule has 8 heteroatoms. The van der Waals surface area contributed by atoms with Gasteiger partial charge in [0.05, 0.1) is 12.4 Å². The Balaban J connectivity index is 1.17. The largest absolute Gasteiger partial charge is 0.497 e. The van der Waals surface area contributed by atoms with Crippen LogP contribution in [0.3, 0.4) is 0 Å². The number of piperidine rings is 3. The lowest BCUT2D eigenvalue weighted by Gasteiger charge is -2.45. The highest BCUT2D eigenvalue weighted by molar-refractivity contribution is 8.01. The highest BCUT2D eigenvalue weighted by Crippen LogP contribution is 2.39. The number of nitrogens with one attached hydrogen (secondary N) is 3. The molecule has 2 aromatic rings. The van der Waals surface area contributed by atoms with E-state index >= 15 is 0 Å². The molecule has 3 N–H and O–H groups in total. The zero-order valence-corrected chi connectivity index (χ0v) is 18.9. The molecule has 168 valence electrons. The lowest BCUT2D eigenvalue weighted by molar-refractivity contribution is -0.122. The quantitative estimate of drug-likeness (QED) is 0.646. The molecule has 32 heavy (non-hydrogen) atoms. The van der Waals surface area contributed by atoms with Crippen LogP contribution in [-0.4, -0.2) is 54.9 Å². The second kappa shape index (κ2) is 9.03. The zero-order chi connectivity index (χ0) is 22.1. The van der Waals surface area contributed by atoms with Crippen molar-refractivity contribution in [3.8, 4) is 5.75 Å². The van der Waals surface area contributed by atoms with E-state index in [-0.39, 0.29) is 23.2 Å². The number of nitrogens with zero attached hydrogens (tertiary/aromatic N) is 1. The molecule has 3 saturated heterocycles. The molecule has 4 aliphatic heterocycles. The van der Waals surface area contributed by atoms with Gasteiger partial charge in [-0.1, -0.05) is 12.1 Å². The van der Waals surface area contributed by atoms with Crippen LogP contribution >= 0.6 is 11.8 Å². The number of hydrogen-bond acceptors (Lipinski definition) is 5. The van der Waals surface area contributed by atoms with Gasteiger partial charge in [-0.25, -0.2) is 4.79 Å². The molecule has 0 saturated carbocycles. The van der Waals surface area contributed by atoms with Crippen LogP contribution in [0.5, 0.6) is 5.75 Å². The van der Waals surface area contributed by atoms with Crippen molar-refractivity contribution in [1.82, 2.24) is 10.2 Å². The molecule has 2 bridgehead atoms. The first kappa shape index (κ1) is 21.2. The Morgan fingerprint density at radius 3 is 2.56 bits per heavy atom. The molecular formula is C24H28N4O3S. The van der Waals surface area contributed by atoms with Gasteiger partial charge in [-0.05, 0) is 68.1 Å². The summed E-state index contributed by atoms with van der Waals surface area (Å²) in [5, 5.41) is 8.90. The summed E-state index contributed by atoms with van der Waals surface area (Å²) in [6, 6.07) is 13.0. The second-order valence-electron chi connectivity index (χ2n) is 8.70. The first-order valence-electron chi connectivity index (χ1n) is 11.1. The summed E-state index contributed by atoms with van der Waals surface area (Å²) in [5.41, 5.74) is 2.51. The average molecular weight is 453 g/mol. The third-order valence-electron chi connectivity index (χ3n) is 6.60. The van der Waals surface area contributed by atoms with Crippen LogP contribution in [-0.2, 0) is 11.2 Å². The molecule has 3 fully saturated rings. The molecule has 4 heterocycles. The van der Waals surface area contributed by atoms with Gasteiger partial charge in [-0.3, -0.25) is 4.79 Å². The molecule has 0 aliphatic carbocycles. The first-order valence-corrected chi connectivity index (χ1v) is 12.0. The smallest absolute Gasteiger partial charge is 0.323 e. The van der Waals surface area contributed by atoms with Gasteiger partial charge in [-0.15, -0.1) is 11.8 Å². The lowest BCUT2D eigenvalue weighted by Crippen LogP contribution is -2.58. The monoisotopic (exact) mass is 452 g/mol. The number of ether oxygens (including phenoxy) is 1. The van der Waals surface area contributed by atoms with E-state index in [1.165, 1.54) is 25.9 Å². The highest BCUT2D eigenvalue weighted by Gasteiger charge is 2.37. The summed E-state index contributed by atoms with van der Waals surface area (Å²) in [6.45, 7) is 3.32. The molecule has 2 atom stereocenters. The number of rotatable bonds is 5. The van der Waals surface area contributed by atoms with Crippen LogP contribution in [0.15, 0.2) is 47.4 Å². The number of fused-ring (bicyclic) bond motifs is 4. The summed E-state index contributed by atoms with van der Waals surface area (Å²) < 4.78 is 5.19. The third-order valence-corrected chi connectivity index (χ3v) is 7.90. The van der Waals surface area contributed by atoms with E-state index in [0.29, 0.717) is 23.0 Å². The van der Waals surface area contributed by atoms with E-state index in [0.717, 1.165) is 23.4 Å². The SMILES string of the molecule is COc1cccc(NC(=O)Nc2ccc3c(c2)SC(C(=O)N[C@H]2CN4CCC2CC4)C3)c1. The number of urea groups is 1. The summed E-state index contributed by atoms with van der Waals surface area (Å²) in [7, 11) is 1.59. The summed E-state index contributed by atoms with van der Waals surface area (Å²) in [5.74, 6) is 1.44. The lowest BCUT2D eigenvalue weighted by atomic mass is 9.84. The van der Waals surface area contributed by atoms with Crippen molar-refractivity contribution < 1.29 is 14.3 Å². The summed E-state index contributed by atoms with van der Waals surface area (Å²) >= 11 is 1.59. The number of carbonyl (C=O) groups excluding carboxylic acids is 2. The van der Waals surface area contributed by atoms with Gasteiger partial charge >= 0.3 is 6.03 Å². The van der Waals surface area contributed by atoms with Gasteiger partial charge in [-0.2, -0.15) is 0 Å². The van der Waals surface area contributed by atoms with Crippen LogP contribution in [0.1, 0.15) is 18.4 Å². The number of amides is 3. The molecule has 7 nitrogen and oxygen atoms in total. The van der Waals surface area contributed by atoms with E-state index in [1.54, 1.807) is 31.0 Å².